The smallest absolute Gasteiger partial charge is 0.165 e. The minimum atomic E-state index is 0.760. The molecule has 1 aromatic heterocycles. The van der Waals surface area contributed by atoms with Crippen LogP contribution in [0, 0.1) is 7.27 Å². The van der Waals surface area contributed by atoms with Gasteiger partial charge in [0.05, 0.1) is 10.7 Å². The second-order valence-electron chi connectivity index (χ2n) is 1.75. The number of halogens is 3. The Balaban J connectivity index is 3.25. The van der Waals surface area contributed by atoms with Gasteiger partial charge in [-0.15, -0.1) is 0 Å². The van der Waals surface area contributed by atoms with Crippen LogP contribution in [-0.2, 0) is 0 Å². The van der Waals surface area contributed by atoms with Gasteiger partial charge in [0.25, 0.3) is 0 Å². The van der Waals surface area contributed by atoms with E-state index >= 15 is 0 Å². The molecule has 1 aromatic rings. The Morgan fingerprint density at radius 2 is 2.18 bits per heavy atom. The lowest BCUT2D eigenvalue weighted by Gasteiger charge is -2.04. The van der Waals surface area contributed by atoms with Crippen molar-refractivity contribution in [3.05, 3.63) is 17.9 Å². The van der Waals surface area contributed by atoms with E-state index in [0.29, 0.717) is 0 Å². The van der Waals surface area contributed by atoms with E-state index in [4.69, 9.17) is 4.74 Å². The van der Waals surface area contributed by atoms with E-state index in [1.165, 1.54) is 0 Å². The molecule has 0 aromatic carbocycles. The van der Waals surface area contributed by atoms with E-state index in [2.05, 4.69) is 66.1 Å². The fourth-order valence-electron chi connectivity index (χ4n) is 0.627. The second kappa shape index (κ2) is 4.22. The Morgan fingerprint density at radius 3 is 2.64 bits per heavy atom. The molecule has 0 bridgehead atoms. The molecule has 0 unspecified atom stereocenters. The van der Waals surface area contributed by atoms with Crippen LogP contribution in [0.1, 0.15) is 0 Å². The Kier molecular flexibility index (Phi) is 3.83. The maximum absolute atomic E-state index is 5.11. The summed E-state index contributed by atoms with van der Waals surface area (Å²) in [4.78, 5) is 4.18. The van der Waals surface area contributed by atoms with Gasteiger partial charge in [-0.1, -0.05) is 0 Å². The summed E-state index contributed by atoms with van der Waals surface area (Å²) in [7, 11) is 1.64. The van der Waals surface area contributed by atoms with Crippen LogP contribution in [0.4, 0.5) is 0 Å². The van der Waals surface area contributed by atoms with E-state index in [1.807, 2.05) is 6.07 Å². The highest BCUT2D eigenvalue weighted by atomic mass is 127. The van der Waals surface area contributed by atoms with Crippen molar-refractivity contribution < 1.29 is 4.74 Å². The minimum absolute atomic E-state index is 0.760. The van der Waals surface area contributed by atoms with Gasteiger partial charge in [0.1, 0.15) is 8.30 Å². The molecule has 5 heteroatoms. The zero-order valence-corrected chi connectivity index (χ0v) is 11.5. The summed E-state index contributed by atoms with van der Waals surface area (Å²) < 4.78 is 7.90. The van der Waals surface area contributed by atoms with Crippen molar-refractivity contribution in [2.75, 3.05) is 7.11 Å². The molecular formula is C6H4BrI2NO. The lowest BCUT2D eigenvalue weighted by atomic mass is 10.5. The number of hydrogen-bond acceptors (Lipinski definition) is 2. The molecule has 0 saturated heterocycles. The molecule has 11 heavy (non-hydrogen) atoms. The number of ether oxygens (including phenoxy) is 1. The third-order valence-electron chi connectivity index (χ3n) is 1.06. The highest BCUT2D eigenvalue weighted by Gasteiger charge is 2.06. The summed E-state index contributed by atoms with van der Waals surface area (Å²) in [5.41, 5.74) is 0. The van der Waals surface area contributed by atoms with Crippen molar-refractivity contribution >= 4 is 61.1 Å². The van der Waals surface area contributed by atoms with Crippen LogP contribution in [0.2, 0.25) is 0 Å². The van der Waals surface area contributed by atoms with Crippen LogP contribution in [0.5, 0.6) is 5.75 Å². The van der Waals surface area contributed by atoms with E-state index in [0.717, 1.165) is 17.6 Å². The Hall–Kier alpha value is 0.890. The predicted molar refractivity (Wildman–Crippen MR) is 63.9 cm³/mol. The maximum atomic E-state index is 5.11. The Bertz CT molecular complexity index is 256. The first-order valence-electron chi connectivity index (χ1n) is 2.70. The van der Waals surface area contributed by atoms with Gasteiger partial charge in [0.15, 0.2) is 5.75 Å². The van der Waals surface area contributed by atoms with Gasteiger partial charge in [0, 0.05) is 0 Å². The van der Waals surface area contributed by atoms with Crippen molar-refractivity contribution in [1.29, 1.82) is 0 Å². The average Bonchev–Trinajstić information content (AvgIpc) is 1.85. The summed E-state index contributed by atoms with van der Waals surface area (Å²) >= 11 is 7.69. The Morgan fingerprint density at radius 1 is 1.55 bits per heavy atom. The lowest BCUT2D eigenvalue weighted by molar-refractivity contribution is 0.406. The van der Waals surface area contributed by atoms with Crippen molar-refractivity contribution in [2.24, 2.45) is 0 Å². The molecule has 0 saturated carbocycles. The number of aromatic nitrogens is 1. The number of pyridine rings is 1. The largest absolute Gasteiger partial charge is 0.493 e. The van der Waals surface area contributed by atoms with Crippen LogP contribution in [0.15, 0.2) is 10.7 Å². The summed E-state index contributed by atoms with van der Waals surface area (Å²) in [6.07, 6.45) is 0. The Labute approximate surface area is 101 Å². The summed E-state index contributed by atoms with van der Waals surface area (Å²) in [5, 5.41) is 0. The maximum Gasteiger partial charge on any atom is 0.165 e. The number of rotatable bonds is 1. The van der Waals surface area contributed by atoms with Gasteiger partial charge in [-0.05, 0) is 67.2 Å². The minimum Gasteiger partial charge on any atom is -0.493 e. The molecule has 0 N–H and O–H groups in total. The topological polar surface area (TPSA) is 22.1 Å². The predicted octanol–water partition coefficient (Wildman–Crippen LogP) is 3.06. The standard InChI is InChI=1S/C6H4BrI2NO/c1-11-5-3(8)2-4(9)10-6(5)7/h2H,1H3. The fourth-order valence-corrected chi connectivity index (χ4v) is 3.81. The molecule has 0 aliphatic rings. The van der Waals surface area contributed by atoms with E-state index in [1.54, 1.807) is 7.11 Å². The van der Waals surface area contributed by atoms with Crippen molar-refractivity contribution in [1.82, 2.24) is 4.98 Å². The van der Waals surface area contributed by atoms with E-state index < -0.39 is 0 Å². The van der Waals surface area contributed by atoms with Gasteiger partial charge < -0.3 is 4.74 Å². The first kappa shape index (κ1) is 9.97. The molecule has 0 aliphatic carbocycles. The van der Waals surface area contributed by atoms with E-state index in [-0.39, 0.29) is 0 Å². The molecule has 0 spiro atoms. The first-order valence-corrected chi connectivity index (χ1v) is 5.65. The summed E-state index contributed by atoms with van der Waals surface area (Å²) in [5.74, 6) is 0.797. The van der Waals surface area contributed by atoms with Crippen LogP contribution < -0.4 is 4.74 Å². The molecule has 0 radical (unpaired) electrons. The molecule has 1 rings (SSSR count). The van der Waals surface area contributed by atoms with E-state index in [9.17, 15) is 0 Å². The molecule has 60 valence electrons. The molecule has 0 aliphatic heterocycles. The SMILES string of the molecule is COc1c(I)cc(I)nc1Br. The molecule has 2 nitrogen and oxygen atoms in total. The molecule has 1 heterocycles. The first-order chi connectivity index (χ1) is 5.15. The molecule has 0 amide bonds. The molecular weight excluding hydrogens is 436 g/mol. The quantitative estimate of drug-likeness (QED) is 0.496. The third-order valence-corrected chi connectivity index (χ3v) is 2.95. The average molecular weight is 440 g/mol. The van der Waals surface area contributed by atoms with Crippen molar-refractivity contribution in [3.8, 4) is 5.75 Å². The fraction of sp³-hybridized carbons (Fsp3) is 0.167. The van der Waals surface area contributed by atoms with Crippen molar-refractivity contribution in [3.63, 3.8) is 0 Å². The molecule has 0 fully saturated rings. The number of nitrogens with zero attached hydrogens (tertiary/aromatic N) is 1. The van der Waals surface area contributed by atoms with Crippen LogP contribution in [-0.4, -0.2) is 12.1 Å². The monoisotopic (exact) mass is 439 g/mol. The van der Waals surface area contributed by atoms with Gasteiger partial charge >= 0.3 is 0 Å². The zero-order valence-electron chi connectivity index (χ0n) is 5.57. The zero-order chi connectivity index (χ0) is 8.43. The van der Waals surface area contributed by atoms with Crippen molar-refractivity contribution in [2.45, 2.75) is 0 Å². The second-order valence-corrected chi connectivity index (χ2v) is 4.77. The number of hydrogen-bond donors (Lipinski definition) is 0. The normalized spacial score (nSPS) is 9.82. The molecule has 0 atom stereocenters. The summed E-state index contributed by atoms with van der Waals surface area (Å²) in [6, 6.07) is 1.96. The van der Waals surface area contributed by atoms with Crippen LogP contribution in [0.3, 0.4) is 0 Å². The number of methoxy groups -OCH3 is 1. The summed E-state index contributed by atoms with van der Waals surface area (Å²) in [6.45, 7) is 0. The van der Waals surface area contributed by atoms with Gasteiger partial charge in [0.2, 0.25) is 0 Å². The van der Waals surface area contributed by atoms with Crippen LogP contribution >= 0.6 is 61.1 Å². The highest BCUT2D eigenvalue weighted by molar-refractivity contribution is 14.1. The van der Waals surface area contributed by atoms with Gasteiger partial charge in [-0.3, -0.25) is 0 Å². The van der Waals surface area contributed by atoms with Gasteiger partial charge in [-0.25, -0.2) is 4.98 Å². The van der Waals surface area contributed by atoms with Gasteiger partial charge in [-0.2, -0.15) is 0 Å². The van der Waals surface area contributed by atoms with Crippen LogP contribution in [0.25, 0.3) is 0 Å². The highest BCUT2D eigenvalue weighted by Crippen LogP contribution is 2.29. The lowest BCUT2D eigenvalue weighted by Crippen LogP contribution is -1.92. The third kappa shape index (κ3) is 2.41.